The summed E-state index contributed by atoms with van der Waals surface area (Å²) in [6, 6.07) is 6.34. The van der Waals surface area contributed by atoms with Gasteiger partial charge in [-0.2, -0.15) is 0 Å². The number of aliphatic hydroxyl groups excluding tert-OH is 1. The summed E-state index contributed by atoms with van der Waals surface area (Å²) < 4.78 is 4.87. The molecule has 0 radical (unpaired) electrons. The van der Waals surface area contributed by atoms with Crippen LogP contribution in [0, 0.1) is 5.41 Å². The first kappa shape index (κ1) is 18.2. The number of amides is 3. The molecule has 0 spiro atoms. The van der Waals surface area contributed by atoms with E-state index in [4.69, 9.17) is 4.74 Å². The van der Waals surface area contributed by atoms with Crippen LogP contribution in [0.4, 0.5) is 10.5 Å². The molecule has 1 saturated carbocycles. The van der Waals surface area contributed by atoms with E-state index in [1.54, 1.807) is 31.4 Å². The van der Waals surface area contributed by atoms with Gasteiger partial charge in [-0.15, -0.1) is 0 Å². The number of urea groups is 1. The highest BCUT2D eigenvalue weighted by molar-refractivity contribution is 5.95. The van der Waals surface area contributed by atoms with E-state index in [0.29, 0.717) is 30.9 Å². The lowest BCUT2D eigenvalue weighted by Crippen LogP contribution is -2.45. The van der Waals surface area contributed by atoms with Crippen LogP contribution in [-0.2, 0) is 4.74 Å². The number of hydrogen-bond donors (Lipinski definition) is 4. The Balaban J connectivity index is 1.78. The van der Waals surface area contributed by atoms with E-state index in [9.17, 15) is 14.7 Å². The number of aliphatic hydroxyl groups is 1. The minimum Gasteiger partial charge on any atom is -0.396 e. The van der Waals surface area contributed by atoms with Gasteiger partial charge in [-0.1, -0.05) is 6.42 Å². The number of hydrogen-bond acceptors (Lipinski definition) is 4. The molecule has 7 heteroatoms. The Kier molecular flexibility index (Phi) is 6.57. The summed E-state index contributed by atoms with van der Waals surface area (Å²) in [5.41, 5.74) is 0.972. The van der Waals surface area contributed by atoms with E-state index in [1.807, 2.05) is 0 Å². The van der Waals surface area contributed by atoms with Gasteiger partial charge in [0, 0.05) is 36.9 Å². The van der Waals surface area contributed by atoms with Crippen molar-refractivity contribution in [2.45, 2.75) is 19.3 Å². The number of methoxy groups -OCH3 is 1. The van der Waals surface area contributed by atoms with Gasteiger partial charge in [0.25, 0.3) is 5.91 Å². The lowest BCUT2D eigenvalue weighted by Gasteiger charge is -2.40. The van der Waals surface area contributed by atoms with Gasteiger partial charge in [0.2, 0.25) is 0 Å². The van der Waals surface area contributed by atoms with Gasteiger partial charge in [0.1, 0.15) is 0 Å². The molecule has 3 amide bonds. The molecule has 132 valence electrons. The molecule has 0 bridgehead atoms. The molecule has 0 heterocycles. The van der Waals surface area contributed by atoms with Crippen LogP contribution in [0.5, 0.6) is 0 Å². The number of anilines is 1. The number of nitrogens with one attached hydrogen (secondary N) is 3. The fourth-order valence-corrected chi connectivity index (χ4v) is 2.58. The predicted octanol–water partition coefficient (Wildman–Crippen LogP) is 1.35. The van der Waals surface area contributed by atoms with Crippen LogP contribution < -0.4 is 16.0 Å². The molecule has 1 aliphatic rings. The first-order valence-electron chi connectivity index (χ1n) is 8.11. The largest absolute Gasteiger partial charge is 0.396 e. The summed E-state index contributed by atoms with van der Waals surface area (Å²) in [4.78, 5) is 23.8. The third-order valence-electron chi connectivity index (χ3n) is 4.37. The molecular formula is C17H25N3O4. The maximum absolute atomic E-state index is 11.9. The van der Waals surface area contributed by atoms with Crippen molar-refractivity contribution in [3.63, 3.8) is 0 Å². The molecule has 1 aromatic rings. The van der Waals surface area contributed by atoms with E-state index >= 15 is 0 Å². The molecule has 2 rings (SSSR count). The maximum Gasteiger partial charge on any atom is 0.319 e. The molecule has 7 nitrogen and oxygen atoms in total. The summed E-state index contributed by atoms with van der Waals surface area (Å²) >= 11 is 0. The highest BCUT2D eigenvalue weighted by Crippen LogP contribution is 2.39. The Bertz CT molecular complexity index is 550. The Labute approximate surface area is 141 Å². The van der Waals surface area contributed by atoms with Gasteiger partial charge in [-0.05, 0) is 37.1 Å². The molecule has 0 saturated heterocycles. The molecular weight excluding hydrogens is 310 g/mol. The summed E-state index contributed by atoms with van der Waals surface area (Å²) in [7, 11) is 1.57. The average molecular weight is 335 g/mol. The SMILES string of the molecule is COCCNC(=O)c1ccc(NC(=O)NCC2(CO)CCC2)cc1. The Morgan fingerprint density at radius 2 is 1.92 bits per heavy atom. The van der Waals surface area contributed by atoms with Gasteiger partial charge in [-0.25, -0.2) is 4.79 Å². The minimum atomic E-state index is -0.313. The predicted molar refractivity (Wildman–Crippen MR) is 91.0 cm³/mol. The third-order valence-corrected chi connectivity index (χ3v) is 4.37. The molecule has 1 aromatic carbocycles. The topological polar surface area (TPSA) is 99.7 Å². The normalized spacial score (nSPS) is 15.2. The van der Waals surface area contributed by atoms with Crippen LogP contribution in [0.2, 0.25) is 0 Å². The molecule has 1 fully saturated rings. The van der Waals surface area contributed by atoms with E-state index < -0.39 is 0 Å². The first-order chi connectivity index (χ1) is 11.6. The molecule has 4 N–H and O–H groups in total. The fourth-order valence-electron chi connectivity index (χ4n) is 2.58. The zero-order valence-corrected chi connectivity index (χ0v) is 13.9. The first-order valence-corrected chi connectivity index (χ1v) is 8.11. The molecule has 0 atom stereocenters. The molecule has 0 aliphatic heterocycles. The lowest BCUT2D eigenvalue weighted by molar-refractivity contribution is 0.0476. The zero-order valence-electron chi connectivity index (χ0n) is 13.9. The number of carbonyl (C=O) groups is 2. The van der Waals surface area contributed by atoms with Crippen LogP contribution >= 0.6 is 0 Å². The van der Waals surface area contributed by atoms with Crippen molar-refractivity contribution in [2.24, 2.45) is 5.41 Å². The maximum atomic E-state index is 11.9. The van der Waals surface area contributed by atoms with Crippen LogP contribution in [0.3, 0.4) is 0 Å². The van der Waals surface area contributed by atoms with Crippen molar-refractivity contribution >= 4 is 17.6 Å². The molecule has 1 aliphatic carbocycles. The van der Waals surface area contributed by atoms with E-state index in [1.165, 1.54) is 0 Å². The van der Waals surface area contributed by atoms with Crippen molar-refractivity contribution < 1.29 is 19.4 Å². The van der Waals surface area contributed by atoms with Crippen molar-refractivity contribution in [3.05, 3.63) is 29.8 Å². The molecule has 0 aromatic heterocycles. The van der Waals surface area contributed by atoms with E-state index in [2.05, 4.69) is 16.0 Å². The van der Waals surface area contributed by atoms with Gasteiger partial charge >= 0.3 is 6.03 Å². The Hall–Kier alpha value is -2.12. The monoisotopic (exact) mass is 335 g/mol. The summed E-state index contributed by atoms with van der Waals surface area (Å²) in [5.74, 6) is -0.182. The average Bonchev–Trinajstić information content (AvgIpc) is 2.55. The lowest BCUT2D eigenvalue weighted by atomic mass is 9.69. The van der Waals surface area contributed by atoms with Crippen LogP contribution in [0.25, 0.3) is 0 Å². The van der Waals surface area contributed by atoms with Crippen molar-refractivity contribution in [2.75, 3.05) is 38.7 Å². The van der Waals surface area contributed by atoms with Gasteiger partial charge in [-0.3, -0.25) is 4.79 Å². The highest BCUT2D eigenvalue weighted by atomic mass is 16.5. The Morgan fingerprint density at radius 1 is 1.21 bits per heavy atom. The van der Waals surface area contributed by atoms with E-state index in [0.717, 1.165) is 19.3 Å². The molecule has 24 heavy (non-hydrogen) atoms. The number of carbonyl (C=O) groups excluding carboxylic acids is 2. The summed E-state index contributed by atoms with van der Waals surface area (Å²) in [5, 5.41) is 17.6. The van der Waals surface area contributed by atoms with Gasteiger partial charge in [0.05, 0.1) is 13.2 Å². The fraction of sp³-hybridized carbons (Fsp3) is 0.529. The van der Waals surface area contributed by atoms with Crippen LogP contribution in [-0.4, -0.2) is 50.5 Å². The number of benzene rings is 1. The zero-order chi connectivity index (χ0) is 17.4. The third kappa shape index (κ3) is 4.94. The second-order valence-electron chi connectivity index (χ2n) is 6.15. The number of ether oxygens (including phenoxy) is 1. The quantitative estimate of drug-likeness (QED) is 0.539. The second-order valence-corrected chi connectivity index (χ2v) is 6.15. The molecule has 0 unspecified atom stereocenters. The van der Waals surface area contributed by atoms with Crippen molar-refractivity contribution in [1.82, 2.24) is 10.6 Å². The van der Waals surface area contributed by atoms with Crippen molar-refractivity contribution in [3.8, 4) is 0 Å². The highest BCUT2D eigenvalue weighted by Gasteiger charge is 2.36. The van der Waals surface area contributed by atoms with Gasteiger partial charge in [0.15, 0.2) is 0 Å². The second kappa shape index (κ2) is 8.65. The van der Waals surface area contributed by atoms with E-state index in [-0.39, 0.29) is 24.0 Å². The van der Waals surface area contributed by atoms with Crippen LogP contribution in [0.15, 0.2) is 24.3 Å². The van der Waals surface area contributed by atoms with Crippen molar-refractivity contribution in [1.29, 1.82) is 0 Å². The smallest absolute Gasteiger partial charge is 0.319 e. The number of rotatable bonds is 8. The summed E-state index contributed by atoms with van der Waals surface area (Å²) in [6.45, 7) is 1.47. The Morgan fingerprint density at radius 3 is 2.46 bits per heavy atom. The van der Waals surface area contributed by atoms with Gasteiger partial charge < -0.3 is 25.8 Å². The van der Waals surface area contributed by atoms with Crippen LogP contribution in [0.1, 0.15) is 29.6 Å². The minimum absolute atomic E-state index is 0.0974. The standard InChI is InChI=1S/C17H25N3O4/c1-24-10-9-18-15(22)13-3-5-14(6-4-13)20-16(23)19-11-17(12-21)7-2-8-17/h3-6,21H,2,7-12H2,1H3,(H,18,22)(H2,19,20,23). The summed E-state index contributed by atoms with van der Waals surface area (Å²) in [6.07, 6.45) is 2.98.